The maximum Gasteiger partial charge on any atom is 0.416 e. The average molecular weight is 377 g/mol. The second-order valence-corrected chi connectivity index (χ2v) is 5.64. The van der Waals surface area contributed by atoms with E-state index < -0.39 is 17.7 Å². The van der Waals surface area contributed by atoms with E-state index in [9.17, 15) is 18.0 Å². The number of allylic oxidation sites excluding steroid dienone is 6. The van der Waals surface area contributed by atoms with Crippen LogP contribution in [-0.4, -0.2) is 23.9 Å². The van der Waals surface area contributed by atoms with Crippen LogP contribution in [0, 0.1) is 0 Å². The van der Waals surface area contributed by atoms with Crippen molar-refractivity contribution in [2.75, 3.05) is 7.11 Å². The standard InChI is InChI=1S/C20H18F3NO3/c1-27-24-18-12-6-9-15(13-19(25)26)16(18)10-4-2-7-14-8-3-5-11-17(14)20(21,22)23/h2-11H,12-13H2,1H3,(H,25,26)/b7-2+,10-4+,24-18?. The van der Waals surface area contributed by atoms with Gasteiger partial charge in [0.15, 0.2) is 0 Å². The average Bonchev–Trinajstić information content (AvgIpc) is 2.59. The number of aliphatic carboxylic acids is 1. The summed E-state index contributed by atoms with van der Waals surface area (Å²) in [4.78, 5) is 15.8. The van der Waals surface area contributed by atoms with Crippen molar-refractivity contribution in [3.63, 3.8) is 0 Å². The van der Waals surface area contributed by atoms with Crippen molar-refractivity contribution >= 4 is 17.8 Å². The smallest absolute Gasteiger partial charge is 0.416 e. The zero-order valence-electron chi connectivity index (χ0n) is 14.5. The second kappa shape index (κ2) is 9.02. The van der Waals surface area contributed by atoms with Crippen molar-refractivity contribution in [1.82, 2.24) is 0 Å². The van der Waals surface area contributed by atoms with E-state index in [-0.39, 0.29) is 12.0 Å². The zero-order chi connectivity index (χ0) is 19.9. The van der Waals surface area contributed by atoms with Gasteiger partial charge in [-0.25, -0.2) is 0 Å². The lowest BCUT2D eigenvalue weighted by Crippen LogP contribution is -2.10. The van der Waals surface area contributed by atoms with Crippen LogP contribution in [0.2, 0.25) is 0 Å². The number of carboxylic acids is 1. The molecule has 0 bridgehead atoms. The molecule has 1 aromatic carbocycles. The van der Waals surface area contributed by atoms with E-state index in [2.05, 4.69) is 5.16 Å². The van der Waals surface area contributed by atoms with Crippen molar-refractivity contribution in [1.29, 1.82) is 0 Å². The minimum absolute atomic E-state index is 0.0451. The highest BCUT2D eigenvalue weighted by molar-refractivity contribution is 6.05. The number of hydrogen-bond acceptors (Lipinski definition) is 3. The summed E-state index contributed by atoms with van der Waals surface area (Å²) < 4.78 is 39.0. The van der Waals surface area contributed by atoms with E-state index >= 15 is 0 Å². The zero-order valence-corrected chi connectivity index (χ0v) is 14.5. The van der Waals surface area contributed by atoms with Crippen LogP contribution in [0.15, 0.2) is 70.9 Å². The van der Waals surface area contributed by atoms with Crippen LogP contribution in [0.5, 0.6) is 0 Å². The molecule has 7 heteroatoms. The van der Waals surface area contributed by atoms with Gasteiger partial charge in [-0.2, -0.15) is 13.2 Å². The molecule has 27 heavy (non-hydrogen) atoms. The van der Waals surface area contributed by atoms with Gasteiger partial charge in [-0.1, -0.05) is 59.8 Å². The van der Waals surface area contributed by atoms with Crippen LogP contribution < -0.4 is 0 Å². The van der Waals surface area contributed by atoms with Gasteiger partial charge in [0.1, 0.15) is 7.11 Å². The SMILES string of the molecule is CON=C1CC=CC(CC(=O)O)=C1/C=C/C=C/c1ccccc1C(F)(F)F. The number of hydrogen-bond donors (Lipinski definition) is 1. The third kappa shape index (κ3) is 5.70. The van der Waals surface area contributed by atoms with E-state index in [0.29, 0.717) is 23.3 Å². The molecular weight excluding hydrogens is 359 g/mol. The Morgan fingerprint density at radius 2 is 1.96 bits per heavy atom. The Hall–Kier alpha value is -3.09. The number of oxime groups is 1. The van der Waals surface area contributed by atoms with Gasteiger partial charge in [0.05, 0.1) is 17.7 Å². The first-order valence-electron chi connectivity index (χ1n) is 8.05. The summed E-state index contributed by atoms with van der Waals surface area (Å²) in [7, 11) is 1.39. The Labute approximate surface area is 154 Å². The maximum atomic E-state index is 13.0. The van der Waals surface area contributed by atoms with Crippen LogP contribution in [0.1, 0.15) is 24.0 Å². The molecule has 0 saturated carbocycles. The predicted octanol–water partition coefficient (Wildman–Crippen LogP) is 5.01. The summed E-state index contributed by atoms with van der Waals surface area (Å²) in [6, 6.07) is 5.26. The third-order valence-electron chi connectivity index (χ3n) is 3.75. The van der Waals surface area contributed by atoms with Gasteiger partial charge in [0, 0.05) is 12.0 Å². The molecule has 0 amide bonds. The Morgan fingerprint density at radius 3 is 2.63 bits per heavy atom. The fourth-order valence-corrected chi connectivity index (χ4v) is 2.63. The van der Waals surface area contributed by atoms with Crippen LogP contribution >= 0.6 is 0 Å². The molecule has 0 spiro atoms. The molecule has 2 rings (SSSR count). The topological polar surface area (TPSA) is 58.9 Å². The van der Waals surface area contributed by atoms with Crippen LogP contribution in [0.25, 0.3) is 6.08 Å². The van der Waals surface area contributed by atoms with E-state index in [4.69, 9.17) is 9.94 Å². The molecule has 0 unspecified atom stereocenters. The van der Waals surface area contributed by atoms with Gasteiger partial charge < -0.3 is 9.94 Å². The first-order valence-corrected chi connectivity index (χ1v) is 8.05. The highest BCUT2D eigenvalue weighted by Crippen LogP contribution is 2.32. The van der Waals surface area contributed by atoms with Crippen molar-refractivity contribution in [3.05, 3.63) is 76.9 Å². The van der Waals surface area contributed by atoms with Gasteiger partial charge in [-0.3, -0.25) is 4.79 Å². The van der Waals surface area contributed by atoms with E-state index in [1.807, 2.05) is 0 Å². The Morgan fingerprint density at radius 1 is 1.26 bits per heavy atom. The molecule has 1 aliphatic rings. The summed E-state index contributed by atoms with van der Waals surface area (Å²) in [5.41, 5.74) is 1.00. The largest absolute Gasteiger partial charge is 0.481 e. The number of rotatable bonds is 6. The van der Waals surface area contributed by atoms with Crippen LogP contribution in [0.3, 0.4) is 0 Å². The van der Waals surface area contributed by atoms with Gasteiger partial charge >= 0.3 is 12.1 Å². The first-order chi connectivity index (χ1) is 12.8. The van der Waals surface area contributed by atoms with E-state index in [1.54, 1.807) is 24.3 Å². The molecule has 4 nitrogen and oxygen atoms in total. The van der Waals surface area contributed by atoms with Crippen LogP contribution in [0.4, 0.5) is 13.2 Å². The normalized spacial score (nSPS) is 16.7. The lowest BCUT2D eigenvalue weighted by atomic mass is 9.93. The summed E-state index contributed by atoms with van der Waals surface area (Å²) in [6.45, 7) is 0. The molecule has 1 aliphatic carbocycles. The highest BCUT2D eigenvalue weighted by Gasteiger charge is 2.32. The second-order valence-electron chi connectivity index (χ2n) is 5.64. The fourth-order valence-electron chi connectivity index (χ4n) is 2.63. The van der Waals surface area contributed by atoms with Crippen molar-refractivity contribution in [3.8, 4) is 0 Å². The Balaban J connectivity index is 2.30. The molecule has 1 aromatic rings. The molecule has 1 N–H and O–H groups in total. The number of carbonyl (C=O) groups is 1. The molecule has 0 radical (unpaired) electrons. The molecule has 0 saturated heterocycles. The summed E-state index contributed by atoms with van der Waals surface area (Å²) in [6.07, 6.45) is 5.31. The number of alkyl halides is 3. The lowest BCUT2D eigenvalue weighted by Gasteiger charge is -2.13. The first kappa shape index (κ1) is 20.2. The van der Waals surface area contributed by atoms with Crippen molar-refractivity contribution in [2.45, 2.75) is 19.0 Å². The summed E-state index contributed by atoms with van der Waals surface area (Å²) in [5, 5.41) is 12.9. The molecule has 0 heterocycles. The molecule has 0 aromatic heterocycles. The molecule has 0 fully saturated rings. The van der Waals surface area contributed by atoms with E-state index in [0.717, 1.165) is 6.07 Å². The molecule has 0 aliphatic heterocycles. The highest BCUT2D eigenvalue weighted by atomic mass is 19.4. The maximum absolute atomic E-state index is 13.0. The minimum Gasteiger partial charge on any atom is -0.481 e. The van der Waals surface area contributed by atoms with Gasteiger partial charge in [-0.05, 0) is 17.2 Å². The number of carboxylic acid groups (broad SMARTS) is 1. The number of benzene rings is 1. The summed E-state index contributed by atoms with van der Waals surface area (Å²) in [5.74, 6) is -0.992. The molecule has 0 atom stereocenters. The Kier molecular flexibility index (Phi) is 6.76. The van der Waals surface area contributed by atoms with E-state index in [1.165, 1.54) is 37.5 Å². The van der Waals surface area contributed by atoms with Gasteiger partial charge in [0.2, 0.25) is 0 Å². The fraction of sp³-hybridized carbons (Fsp3) is 0.200. The lowest BCUT2D eigenvalue weighted by molar-refractivity contribution is -0.138. The van der Waals surface area contributed by atoms with Gasteiger partial charge in [-0.15, -0.1) is 0 Å². The Bertz CT molecular complexity index is 846. The van der Waals surface area contributed by atoms with Crippen LogP contribution in [-0.2, 0) is 15.8 Å². The van der Waals surface area contributed by atoms with Gasteiger partial charge in [0.25, 0.3) is 0 Å². The minimum atomic E-state index is -4.44. The predicted molar refractivity (Wildman–Crippen MR) is 97.1 cm³/mol. The number of halogens is 3. The van der Waals surface area contributed by atoms with Crippen molar-refractivity contribution in [2.24, 2.45) is 5.16 Å². The monoisotopic (exact) mass is 377 g/mol. The quantitative estimate of drug-likeness (QED) is 0.560. The van der Waals surface area contributed by atoms with Crippen molar-refractivity contribution < 1.29 is 27.9 Å². The molecule has 142 valence electrons. The summed E-state index contributed by atoms with van der Waals surface area (Å²) >= 11 is 0. The third-order valence-corrected chi connectivity index (χ3v) is 3.75. The number of nitrogens with zero attached hydrogens (tertiary/aromatic N) is 1. The molecular formula is C20H18F3NO3.